The zero-order valence-electron chi connectivity index (χ0n) is 11.3. The summed E-state index contributed by atoms with van der Waals surface area (Å²) in [5.74, 6) is 1.09. The van der Waals surface area contributed by atoms with Gasteiger partial charge in [-0.3, -0.25) is 9.78 Å². The van der Waals surface area contributed by atoms with Gasteiger partial charge in [0, 0.05) is 12.7 Å². The monoisotopic (exact) mass is 263 g/mol. The molecule has 1 amide bonds. The highest BCUT2D eigenvalue weighted by molar-refractivity contribution is 5.96. The fourth-order valence-electron chi connectivity index (χ4n) is 2.39. The summed E-state index contributed by atoms with van der Waals surface area (Å²) in [6.45, 7) is 2.89. The van der Waals surface area contributed by atoms with Crippen LogP contribution in [0.1, 0.15) is 29.6 Å². The van der Waals surface area contributed by atoms with Gasteiger partial charge in [0.15, 0.2) is 0 Å². The van der Waals surface area contributed by atoms with Crippen LogP contribution < -0.4 is 15.4 Å². The number of hydrogen-bond donors (Lipinski definition) is 2. The van der Waals surface area contributed by atoms with Crippen LogP contribution in [0.3, 0.4) is 0 Å². The Hall–Kier alpha value is -1.62. The molecular weight excluding hydrogens is 242 g/mol. The molecule has 0 radical (unpaired) electrons. The molecule has 0 saturated carbocycles. The van der Waals surface area contributed by atoms with Gasteiger partial charge in [0.1, 0.15) is 5.75 Å². The minimum Gasteiger partial charge on any atom is -0.494 e. The lowest BCUT2D eigenvalue weighted by Gasteiger charge is -2.22. The highest BCUT2D eigenvalue weighted by Gasteiger charge is 2.14. The number of nitrogens with one attached hydrogen (secondary N) is 2. The summed E-state index contributed by atoms with van der Waals surface area (Å²) in [5, 5.41) is 6.33. The number of nitrogens with zero attached hydrogens (tertiary/aromatic N) is 1. The van der Waals surface area contributed by atoms with Crippen LogP contribution >= 0.6 is 0 Å². The van der Waals surface area contributed by atoms with Gasteiger partial charge in [0.05, 0.1) is 18.9 Å². The third-order valence-electron chi connectivity index (χ3n) is 3.49. The van der Waals surface area contributed by atoms with Crippen molar-refractivity contribution in [3.63, 3.8) is 0 Å². The summed E-state index contributed by atoms with van der Waals surface area (Å²) in [6.07, 6.45) is 6.66. The van der Waals surface area contributed by atoms with Gasteiger partial charge < -0.3 is 15.4 Å². The average molecular weight is 263 g/mol. The SMILES string of the molecule is COc1cnccc1C(=O)NCCC1CCCNC1. The van der Waals surface area contributed by atoms with E-state index in [4.69, 9.17) is 4.74 Å². The number of pyridine rings is 1. The largest absolute Gasteiger partial charge is 0.494 e. The van der Waals surface area contributed by atoms with Gasteiger partial charge in [-0.25, -0.2) is 0 Å². The molecule has 5 heteroatoms. The molecule has 1 saturated heterocycles. The van der Waals surface area contributed by atoms with Crippen molar-refractivity contribution in [3.8, 4) is 5.75 Å². The summed E-state index contributed by atoms with van der Waals surface area (Å²) in [7, 11) is 1.54. The molecule has 1 aromatic heterocycles. The number of ether oxygens (including phenoxy) is 1. The quantitative estimate of drug-likeness (QED) is 0.838. The molecule has 0 aliphatic carbocycles. The molecule has 1 aliphatic heterocycles. The van der Waals surface area contributed by atoms with E-state index in [0.29, 0.717) is 23.8 Å². The van der Waals surface area contributed by atoms with Gasteiger partial charge in [-0.15, -0.1) is 0 Å². The minimum absolute atomic E-state index is 0.0944. The maximum Gasteiger partial charge on any atom is 0.255 e. The Bertz CT molecular complexity index is 417. The van der Waals surface area contributed by atoms with Crippen molar-refractivity contribution < 1.29 is 9.53 Å². The van der Waals surface area contributed by atoms with Gasteiger partial charge in [-0.2, -0.15) is 0 Å². The van der Waals surface area contributed by atoms with Crippen LogP contribution in [-0.4, -0.2) is 37.6 Å². The molecule has 2 rings (SSSR count). The Labute approximate surface area is 113 Å². The van der Waals surface area contributed by atoms with Crippen molar-refractivity contribution in [2.75, 3.05) is 26.7 Å². The lowest BCUT2D eigenvalue weighted by molar-refractivity contribution is 0.0947. The first-order valence-corrected chi connectivity index (χ1v) is 6.78. The Balaban J connectivity index is 1.80. The van der Waals surface area contributed by atoms with Crippen LogP contribution in [-0.2, 0) is 0 Å². The molecule has 104 valence electrons. The van der Waals surface area contributed by atoms with E-state index >= 15 is 0 Å². The lowest BCUT2D eigenvalue weighted by Crippen LogP contribution is -2.33. The molecule has 1 atom stereocenters. The summed E-state index contributed by atoms with van der Waals surface area (Å²) in [4.78, 5) is 16.0. The molecule has 1 fully saturated rings. The Morgan fingerprint density at radius 3 is 3.26 bits per heavy atom. The second kappa shape index (κ2) is 7.09. The molecule has 19 heavy (non-hydrogen) atoms. The highest BCUT2D eigenvalue weighted by Crippen LogP contribution is 2.16. The highest BCUT2D eigenvalue weighted by atomic mass is 16.5. The van der Waals surface area contributed by atoms with Crippen LogP contribution in [0.4, 0.5) is 0 Å². The molecule has 0 bridgehead atoms. The number of aromatic nitrogens is 1. The van der Waals surface area contributed by atoms with Gasteiger partial charge in [0.25, 0.3) is 5.91 Å². The standard InChI is InChI=1S/C14H21N3O2/c1-19-13-10-16-7-5-12(13)14(18)17-8-4-11-3-2-6-15-9-11/h5,7,10-11,15H,2-4,6,8-9H2,1H3,(H,17,18). The van der Waals surface area contributed by atoms with Gasteiger partial charge >= 0.3 is 0 Å². The second-order valence-electron chi connectivity index (χ2n) is 4.83. The molecule has 1 aliphatic rings. The number of rotatable bonds is 5. The number of carbonyl (C=O) groups excluding carboxylic acids is 1. The predicted octanol–water partition coefficient (Wildman–Crippen LogP) is 1.21. The first-order chi connectivity index (χ1) is 9.31. The van der Waals surface area contributed by atoms with E-state index in [9.17, 15) is 4.79 Å². The van der Waals surface area contributed by atoms with Gasteiger partial charge in [0.2, 0.25) is 0 Å². The summed E-state index contributed by atoms with van der Waals surface area (Å²) in [5.41, 5.74) is 0.541. The third kappa shape index (κ3) is 3.92. The van der Waals surface area contributed by atoms with Crippen molar-refractivity contribution >= 4 is 5.91 Å². The number of methoxy groups -OCH3 is 1. The number of carbonyl (C=O) groups is 1. The van der Waals surface area contributed by atoms with Crippen molar-refractivity contribution in [2.24, 2.45) is 5.92 Å². The van der Waals surface area contributed by atoms with Crippen molar-refractivity contribution in [3.05, 3.63) is 24.0 Å². The average Bonchev–Trinajstić information content (AvgIpc) is 2.48. The van der Waals surface area contributed by atoms with E-state index in [1.807, 2.05) is 0 Å². The smallest absolute Gasteiger partial charge is 0.255 e. The van der Waals surface area contributed by atoms with Crippen molar-refractivity contribution in [1.82, 2.24) is 15.6 Å². The summed E-state index contributed by atoms with van der Waals surface area (Å²) in [6, 6.07) is 1.68. The molecule has 0 aromatic carbocycles. The second-order valence-corrected chi connectivity index (χ2v) is 4.83. The molecular formula is C14H21N3O2. The van der Waals surface area contributed by atoms with Crippen LogP contribution in [0.15, 0.2) is 18.5 Å². The lowest BCUT2D eigenvalue weighted by atomic mass is 9.96. The first kappa shape index (κ1) is 13.8. The molecule has 1 aromatic rings. The fourth-order valence-corrected chi connectivity index (χ4v) is 2.39. The summed E-state index contributed by atoms with van der Waals surface area (Å²) >= 11 is 0. The van der Waals surface area contributed by atoms with E-state index in [-0.39, 0.29) is 5.91 Å². The third-order valence-corrected chi connectivity index (χ3v) is 3.49. The van der Waals surface area contributed by atoms with E-state index < -0.39 is 0 Å². The van der Waals surface area contributed by atoms with Crippen LogP contribution in [0, 0.1) is 5.92 Å². The van der Waals surface area contributed by atoms with E-state index in [1.54, 1.807) is 25.6 Å². The topological polar surface area (TPSA) is 63.2 Å². The maximum absolute atomic E-state index is 12.0. The zero-order chi connectivity index (χ0) is 13.5. The van der Waals surface area contributed by atoms with Crippen molar-refractivity contribution in [2.45, 2.75) is 19.3 Å². The number of hydrogen-bond acceptors (Lipinski definition) is 4. The zero-order valence-corrected chi connectivity index (χ0v) is 11.3. The van der Waals surface area contributed by atoms with E-state index in [2.05, 4.69) is 15.6 Å². The van der Waals surface area contributed by atoms with Gasteiger partial charge in [-0.05, 0) is 44.3 Å². The Morgan fingerprint density at radius 1 is 1.63 bits per heavy atom. The summed E-state index contributed by atoms with van der Waals surface area (Å²) < 4.78 is 5.13. The van der Waals surface area contributed by atoms with Crippen molar-refractivity contribution in [1.29, 1.82) is 0 Å². The van der Waals surface area contributed by atoms with Crippen LogP contribution in [0.2, 0.25) is 0 Å². The fraction of sp³-hybridized carbons (Fsp3) is 0.571. The predicted molar refractivity (Wildman–Crippen MR) is 73.3 cm³/mol. The van der Waals surface area contributed by atoms with Crippen LogP contribution in [0.5, 0.6) is 5.75 Å². The first-order valence-electron chi connectivity index (χ1n) is 6.78. The van der Waals surface area contributed by atoms with Gasteiger partial charge in [-0.1, -0.05) is 0 Å². The molecule has 2 N–H and O–H groups in total. The Morgan fingerprint density at radius 2 is 2.53 bits per heavy atom. The molecule has 0 spiro atoms. The number of piperidine rings is 1. The van der Waals surface area contributed by atoms with E-state index in [0.717, 1.165) is 19.5 Å². The van der Waals surface area contributed by atoms with E-state index in [1.165, 1.54) is 12.8 Å². The normalized spacial score (nSPS) is 18.9. The minimum atomic E-state index is -0.0944. The molecule has 2 heterocycles. The number of amides is 1. The molecule has 1 unspecified atom stereocenters. The maximum atomic E-state index is 12.0. The molecule has 5 nitrogen and oxygen atoms in total. The van der Waals surface area contributed by atoms with Crippen LogP contribution in [0.25, 0.3) is 0 Å². The Kier molecular flexibility index (Phi) is 5.15.